The van der Waals surface area contributed by atoms with E-state index in [1.54, 1.807) is 58.9 Å². The van der Waals surface area contributed by atoms with Crippen molar-refractivity contribution in [2.45, 2.75) is 37.8 Å². The molecule has 0 unspecified atom stereocenters. The molecule has 10 heteroatoms. The number of nitrogens with one attached hydrogen (secondary N) is 1. The number of nitrogens with zero attached hydrogens (tertiary/aromatic N) is 1. The molecule has 0 aromatic heterocycles. The third-order valence-corrected chi connectivity index (χ3v) is 7.28. The Kier molecular flexibility index (Phi) is 9.48. The average molecular weight is 611 g/mol. The van der Waals surface area contributed by atoms with Crippen LogP contribution in [0.4, 0.5) is 5.69 Å². The first-order valence-electron chi connectivity index (χ1n) is 12.7. The maximum Gasteiger partial charge on any atom is 0.327 e. The summed E-state index contributed by atoms with van der Waals surface area (Å²) in [5.74, 6) is -1.18. The highest BCUT2D eigenvalue weighted by atomic mass is 35.5. The predicted molar refractivity (Wildman–Crippen MR) is 166 cm³/mol. The van der Waals surface area contributed by atoms with E-state index < -0.39 is 17.5 Å². The Morgan fingerprint density at radius 1 is 0.902 bits per heavy atom. The number of rotatable bonds is 9. The Balaban J connectivity index is 1.65. The lowest BCUT2D eigenvalue weighted by Crippen LogP contribution is -2.31. The van der Waals surface area contributed by atoms with Gasteiger partial charge in [0.2, 0.25) is 5.91 Å². The van der Waals surface area contributed by atoms with Gasteiger partial charge in [-0.15, -0.1) is 0 Å². The second kappa shape index (κ2) is 12.9. The van der Waals surface area contributed by atoms with Gasteiger partial charge < -0.3 is 20.1 Å². The van der Waals surface area contributed by atoms with Gasteiger partial charge in [0.25, 0.3) is 5.91 Å². The summed E-state index contributed by atoms with van der Waals surface area (Å²) >= 11 is 13.8. The van der Waals surface area contributed by atoms with Crippen LogP contribution in [-0.4, -0.2) is 29.9 Å². The van der Waals surface area contributed by atoms with E-state index in [-0.39, 0.29) is 19.0 Å². The number of nitrogens with two attached hydrogens (primary N) is 1. The van der Waals surface area contributed by atoms with Gasteiger partial charge in [0.05, 0.1) is 5.69 Å². The summed E-state index contributed by atoms with van der Waals surface area (Å²) in [5.41, 5.74) is 7.07. The maximum absolute atomic E-state index is 13.3. The first kappa shape index (κ1) is 30.2. The number of carbonyl (C=O) groups excluding carboxylic acids is 3. The van der Waals surface area contributed by atoms with E-state index >= 15 is 0 Å². The molecule has 0 fully saturated rings. The third-order valence-electron chi connectivity index (χ3n) is 5.85. The van der Waals surface area contributed by atoms with E-state index in [2.05, 4.69) is 5.32 Å². The van der Waals surface area contributed by atoms with Gasteiger partial charge in [-0.1, -0.05) is 59.6 Å². The summed E-state index contributed by atoms with van der Waals surface area (Å²) in [6.45, 7) is 5.64. The second-order valence-electron chi connectivity index (χ2n) is 10.2. The number of hydrogen-bond donors (Lipinski definition) is 2. The lowest BCUT2D eigenvalue weighted by molar-refractivity contribution is -0.152. The van der Waals surface area contributed by atoms with Crippen LogP contribution in [0.2, 0.25) is 10.0 Å². The van der Waals surface area contributed by atoms with E-state index in [0.29, 0.717) is 32.2 Å². The number of esters is 1. The summed E-state index contributed by atoms with van der Waals surface area (Å²) in [6.07, 6.45) is 0. The van der Waals surface area contributed by atoms with Crippen LogP contribution < -0.4 is 15.4 Å². The van der Waals surface area contributed by atoms with Crippen molar-refractivity contribution in [1.29, 1.82) is 0 Å². The van der Waals surface area contributed by atoms with Crippen LogP contribution in [-0.2, 0) is 16.1 Å². The normalized spacial score (nSPS) is 11.2. The number of primary amides is 1. The van der Waals surface area contributed by atoms with Gasteiger partial charge in [-0.3, -0.25) is 14.4 Å². The molecule has 0 spiro atoms. The number of ether oxygens (including phenoxy) is 1. The molecular weight excluding hydrogens is 581 g/mol. The minimum absolute atomic E-state index is 0.0666. The largest absolute Gasteiger partial charge is 0.459 e. The second-order valence-corrected chi connectivity index (χ2v) is 12.2. The van der Waals surface area contributed by atoms with Crippen molar-refractivity contribution in [3.05, 3.63) is 106 Å². The topological polar surface area (TPSA) is 102 Å². The summed E-state index contributed by atoms with van der Waals surface area (Å²) in [4.78, 5) is 38.3. The highest BCUT2D eigenvalue weighted by molar-refractivity contribution is 8.00. The van der Waals surface area contributed by atoms with Crippen LogP contribution >= 0.6 is 35.1 Å². The van der Waals surface area contributed by atoms with Crippen LogP contribution in [0, 0.1) is 0 Å². The molecule has 41 heavy (non-hydrogen) atoms. The Morgan fingerprint density at radius 3 is 2.17 bits per heavy atom. The summed E-state index contributed by atoms with van der Waals surface area (Å²) in [7, 11) is 0. The van der Waals surface area contributed by atoms with E-state index in [0.717, 1.165) is 15.8 Å². The lowest BCUT2D eigenvalue weighted by Gasteiger charge is -2.27. The fourth-order valence-corrected chi connectivity index (χ4v) is 5.84. The number of halogens is 2. The summed E-state index contributed by atoms with van der Waals surface area (Å²) in [6, 6.07) is 22.9. The predicted octanol–water partition coefficient (Wildman–Crippen LogP) is 7.03. The highest BCUT2D eigenvalue weighted by Crippen LogP contribution is 2.37. The zero-order valence-corrected chi connectivity index (χ0v) is 25.1. The zero-order valence-electron chi connectivity index (χ0n) is 22.7. The molecule has 0 saturated heterocycles. The SMILES string of the molecule is CC(C)(C)OC(=O)CN(Sc1cc(Cl)cc(Cl)c1)c1cccc2c(C(=O)NCc3ccc(C(N)=O)cc3)cccc12. The number of anilines is 1. The van der Waals surface area contributed by atoms with Crippen LogP contribution in [0.15, 0.2) is 83.8 Å². The molecule has 4 aromatic rings. The molecule has 0 aliphatic carbocycles. The third kappa shape index (κ3) is 8.16. The molecule has 0 saturated carbocycles. The van der Waals surface area contributed by atoms with E-state index in [4.69, 9.17) is 33.7 Å². The van der Waals surface area contributed by atoms with Crippen LogP contribution in [0.25, 0.3) is 10.8 Å². The molecule has 7 nitrogen and oxygen atoms in total. The van der Waals surface area contributed by atoms with Gasteiger partial charge in [0.15, 0.2) is 0 Å². The lowest BCUT2D eigenvalue weighted by atomic mass is 10.0. The van der Waals surface area contributed by atoms with Crippen molar-refractivity contribution in [3.8, 4) is 0 Å². The quantitative estimate of drug-likeness (QED) is 0.156. The van der Waals surface area contributed by atoms with Gasteiger partial charge in [0.1, 0.15) is 12.1 Å². The van der Waals surface area contributed by atoms with Crippen molar-refractivity contribution in [2.24, 2.45) is 5.73 Å². The first-order valence-corrected chi connectivity index (χ1v) is 14.2. The van der Waals surface area contributed by atoms with Crippen molar-refractivity contribution in [1.82, 2.24) is 5.32 Å². The number of amides is 2. The Morgan fingerprint density at radius 2 is 1.54 bits per heavy atom. The van der Waals surface area contributed by atoms with Crippen LogP contribution in [0.3, 0.4) is 0 Å². The van der Waals surface area contributed by atoms with Gasteiger partial charge in [-0.25, -0.2) is 0 Å². The van der Waals surface area contributed by atoms with Crippen molar-refractivity contribution in [3.63, 3.8) is 0 Å². The molecule has 0 aliphatic rings. The molecule has 2 amide bonds. The van der Waals surface area contributed by atoms with Crippen LogP contribution in [0.1, 0.15) is 47.1 Å². The minimum atomic E-state index is -0.656. The molecule has 212 valence electrons. The molecule has 0 atom stereocenters. The number of fused-ring (bicyclic) bond motifs is 1. The Labute approximate surface area is 253 Å². The average Bonchev–Trinajstić information content (AvgIpc) is 2.89. The fraction of sp³-hybridized carbons (Fsp3) is 0.194. The highest BCUT2D eigenvalue weighted by Gasteiger charge is 2.23. The van der Waals surface area contributed by atoms with Crippen LogP contribution in [0.5, 0.6) is 0 Å². The zero-order chi connectivity index (χ0) is 29.7. The van der Waals surface area contributed by atoms with Crippen molar-refractivity contribution >= 4 is 69.4 Å². The number of hydrogen-bond acceptors (Lipinski definition) is 6. The van der Waals surface area contributed by atoms with Gasteiger partial charge >= 0.3 is 5.97 Å². The smallest absolute Gasteiger partial charge is 0.327 e. The van der Waals surface area contributed by atoms with Gasteiger partial charge in [-0.2, -0.15) is 0 Å². The molecule has 3 N–H and O–H groups in total. The Hall–Kier alpha value is -3.72. The molecule has 0 heterocycles. The number of benzene rings is 4. The Bertz CT molecular complexity index is 1580. The summed E-state index contributed by atoms with van der Waals surface area (Å²) < 4.78 is 7.41. The molecule has 0 radical (unpaired) electrons. The minimum Gasteiger partial charge on any atom is -0.459 e. The standard InChI is InChI=1S/C31H29Cl2N3O4S/c1-31(2,3)40-28(37)18-36(41-23-15-21(32)14-22(33)16-23)27-9-5-6-24-25(27)7-4-8-26(24)30(39)35-17-19-10-12-20(13-11-19)29(34)38/h4-16H,17-18H2,1-3H3,(H2,34,38)(H,35,39). The van der Waals surface area contributed by atoms with E-state index in [1.807, 2.05) is 45.0 Å². The fourth-order valence-electron chi connectivity index (χ4n) is 4.14. The van der Waals surface area contributed by atoms with Crippen molar-refractivity contribution < 1.29 is 19.1 Å². The van der Waals surface area contributed by atoms with E-state index in [9.17, 15) is 14.4 Å². The first-order chi connectivity index (χ1) is 19.4. The molecule has 0 aliphatic heterocycles. The molecule has 0 bridgehead atoms. The van der Waals surface area contributed by atoms with E-state index in [1.165, 1.54) is 11.9 Å². The van der Waals surface area contributed by atoms with Crippen molar-refractivity contribution in [2.75, 3.05) is 10.8 Å². The summed E-state index contributed by atoms with van der Waals surface area (Å²) in [5, 5.41) is 5.37. The maximum atomic E-state index is 13.3. The molecular formula is C31H29Cl2N3O4S. The molecule has 4 aromatic carbocycles. The van der Waals surface area contributed by atoms with Gasteiger partial charge in [-0.05, 0) is 86.1 Å². The number of carbonyl (C=O) groups is 3. The molecule has 4 rings (SSSR count). The monoisotopic (exact) mass is 609 g/mol. The van der Waals surface area contributed by atoms with Gasteiger partial charge in [0, 0.05) is 38.0 Å².